The Bertz CT molecular complexity index is 705. The molecule has 6 heteroatoms. The molecule has 0 aliphatic carbocycles. The summed E-state index contributed by atoms with van der Waals surface area (Å²) in [5.41, 5.74) is 1.32. The minimum absolute atomic E-state index is 0.0273. The van der Waals surface area contributed by atoms with Crippen molar-refractivity contribution in [2.45, 2.75) is 19.6 Å². The molecule has 4 nitrogen and oxygen atoms in total. The first-order valence-corrected chi connectivity index (χ1v) is 7.37. The molecule has 0 saturated carbocycles. The fraction of sp³-hybridized carbons (Fsp3) is 0.222. The van der Waals surface area contributed by atoms with Crippen molar-refractivity contribution in [3.63, 3.8) is 0 Å². The molecule has 0 radical (unpaired) electrons. The number of benzene rings is 1. The zero-order valence-electron chi connectivity index (χ0n) is 13.4. The Morgan fingerprint density at radius 3 is 2.67 bits per heavy atom. The molecule has 1 unspecified atom stereocenters. The lowest BCUT2D eigenvalue weighted by Gasteiger charge is -2.23. The molecule has 0 bridgehead atoms. The summed E-state index contributed by atoms with van der Waals surface area (Å²) >= 11 is 0. The Labute approximate surface area is 139 Å². The largest absolute Gasteiger partial charge is 0.434 e. The Hall–Kier alpha value is -2.76. The number of ether oxygens (including phenoxy) is 1. The maximum Gasteiger partial charge on any atom is 0.387 e. The number of carbonyl (C=O) groups is 1. The highest BCUT2D eigenvalue weighted by atomic mass is 19.3. The zero-order chi connectivity index (χ0) is 17.5. The van der Waals surface area contributed by atoms with Gasteiger partial charge in [0.2, 0.25) is 5.91 Å². The Balaban J connectivity index is 2.10. The summed E-state index contributed by atoms with van der Waals surface area (Å²) in [7, 11) is 1.67. The molecule has 1 amide bonds. The molecular weight excluding hydrogens is 314 g/mol. The summed E-state index contributed by atoms with van der Waals surface area (Å²) < 4.78 is 29.2. The molecule has 126 valence electrons. The van der Waals surface area contributed by atoms with Gasteiger partial charge in [0.15, 0.2) is 0 Å². The second-order valence-corrected chi connectivity index (χ2v) is 5.16. The number of hydrogen-bond donors (Lipinski definition) is 0. The average Bonchev–Trinajstić information content (AvgIpc) is 2.59. The van der Waals surface area contributed by atoms with Gasteiger partial charge in [-0.15, -0.1) is 0 Å². The van der Waals surface area contributed by atoms with Crippen molar-refractivity contribution in [1.82, 2.24) is 9.88 Å². The molecule has 0 spiro atoms. The number of nitrogens with zero attached hydrogens (tertiary/aromatic N) is 2. The van der Waals surface area contributed by atoms with Crippen LogP contribution in [0.4, 0.5) is 8.78 Å². The van der Waals surface area contributed by atoms with E-state index in [1.54, 1.807) is 48.6 Å². The van der Waals surface area contributed by atoms with Crippen molar-refractivity contribution in [2.75, 3.05) is 7.05 Å². The van der Waals surface area contributed by atoms with Crippen LogP contribution >= 0.6 is 0 Å². The standard InChI is InChI=1S/C18H18F2N2O2/c1-13(15-7-5-11-21-12-15)22(2)17(23)10-9-14-6-3-4-8-16(14)24-18(19)20/h3-13,18H,1-2H3/b10-9+. The van der Waals surface area contributed by atoms with E-state index >= 15 is 0 Å². The monoisotopic (exact) mass is 332 g/mol. The van der Waals surface area contributed by atoms with Gasteiger partial charge in [0.05, 0.1) is 6.04 Å². The van der Waals surface area contributed by atoms with Gasteiger partial charge >= 0.3 is 6.61 Å². The van der Waals surface area contributed by atoms with Crippen LogP contribution in [0.5, 0.6) is 5.75 Å². The Kier molecular flexibility index (Phi) is 6.01. The fourth-order valence-corrected chi connectivity index (χ4v) is 2.14. The van der Waals surface area contributed by atoms with E-state index < -0.39 is 6.61 Å². The molecule has 0 saturated heterocycles. The number of halogens is 2. The molecule has 0 fully saturated rings. The molecule has 1 atom stereocenters. The van der Waals surface area contributed by atoms with Crippen molar-refractivity contribution >= 4 is 12.0 Å². The van der Waals surface area contributed by atoms with Gasteiger partial charge in [0, 0.05) is 31.1 Å². The molecule has 24 heavy (non-hydrogen) atoms. The van der Waals surface area contributed by atoms with Crippen molar-refractivity contribution in [1.29, 1.82) is 0 Å². The summed E-state index contributed by atoms with van der Waals surface area (Å²) in [6.07, 6.45) is 6.16. The first kappa shape index (κ1) is 17.6. The van der Waals surface area contributed by atoms with Gasteiger partial charge in [0.1, 0.15) is 5.75 Å². The van der Waals surface area contributed by atoms with Crippen molar-refractivity contribution in [3.8, 4) is 5.75 Å². The van der Waals surface area contributed by atoms with Gasteiger partial charge in [-0.3, -0.25) is 9.78 Å². The Morgan fingerprint density at radius 2 is 2.00 bits per heavy atom. The van der Waals surface area contributed by atoms with E-state index in [9.17, 15) is 13.6 Å². The smallest absolute Gasteiger partial charge is 0.387 e. The van der Waals surface area contributed by atoms with Crippen LogP contribution in [0.1, 0.15) is 24.1 Å². The summed E-state index contributed by atoms with van der Waals surface area (Å²) in [4.78, 5) is 17.9. The maximum absolute atomic E-state index is 12.4. The number of hydrogen-bond acceptors (Lipinski definition) is 3. The lowest BCUT2D eigenvalue weighted by molar-refractivity contribution is -0.126. The van der Waals surface area contributed by atoms with Crippen LogP contribution < -0.4 is 4.74 Å². The Morgan fingerprint density at radius 1 is 1.25 bits per heavy atom. The highest BCUT2D eigenvalue weighted by Gasteiger charge is 2.15. The number of carbonyl (C=O) groups excluding carboxylic acids is 1. The molecule has 2 aromatic rings. The highest BCUT2D eigenvalue weighted by Crippen LogP contribution is 2.22. The SMILES string of the molecule is CC(c1cccnc1)N(C)C(=O)/C=C/c1ccccc1OC(F)F. The highest BCUT2D eigenvalue weighted by molar-refractivity contribution is 5.92. The summed E-state index contributed by atoms with van der Waals surface area (Å²) in [6.45, 7) is -1.03. The predicted octanol–water partition coefficient (Wildman–Crippen LogP) is 3.92. The van der Waals surface area contributed by atoms with Crippen LogP contribution in [-0.4, -0.2) is 29.5 Å². The molecule has 0 N–H and O–H groups in total. The number of likely N-dealkylation sites (N-methyl/N-ethyl adjacent to an activating group) is 1. The first-order valence-electron chi connectivity index (χ1n) is 7.37. The van der Waals surface area contributed by atoms with Gasteiger partial charge in [-0.25, -0.2) is 0 Å². The van der Waals surface area contributed by atoms with Crippen LogP contribution in [0.15, 0.2) is 54.9 Å². The fourth-order valence-electron chi connectivity index (χ4n) is 2.14. The third-order valence-electron chi connectivity index (χ3n) is 3.64. The lowest BCUT2D eigenvalue weighted by Crippen LogP contribution is -2.28. The van der Waals surface area contributed by atoms with Crippen LogP contribution in [0.3, 0.4) is 0 Å². The summed E-state index contributed by atoms with van der Waals surface area (Å²) in [6, 6.07) is 9.83. The predicted molar refractivity (Wildman–Crippen MR) is 87.5 cm³/mol. The van der Waals surface area contributed by atoms with E-state index in [1.165, 1.54) is 18.2 Å². The van der Waals surface area contributed by atoms with Gasteiger partial charge in [-0.2, -0.15) is 8.78 Å². The minimum Gasteiger partial charge on any atom is -0.434 e. The number of alkyl halides is 2. The maximum atomic E-state index is 12.4. The topological polar surface area (TPSA) is 42.4 Å². The third kappa shape index (κ3) is 4.62. The van der Waals surface area contributed by atoms with Crippen molar-refractivity contribution in [3.05, 3.63) is 66.0 Å². The first-order chi connectivity index (χ1) is 11.5. The quantitative estimate of drug-likeness (QED) is 0.753. The molecule has 2 rings (SSSR count). The van der Waals surface area contributed by atoms with E-state index in [0.29, 0.717) is 5.56 Å². The number of pyridine rings is 1. The zero-order valence-corrected chi connectivity index (χ0v) is 13.4. The normalized spacial score (nSPS) is 12.4. The third-order valence-corrected chi connectivity index (χ3v) is 3.64. The number of amides is 1. The second kappa shape index (κ2) is 8.19. The van der Waals surface area contributed by atoms with E-state index in [0.717, 1.165) is 5.56 Å². The van der Waals surface area contributed by atoms with E-state index in [1.807, 2.05) is 13.0 Å². The average molecular weight is 332 g/mol. The van der Waals surface area contributed by atoms with E-state index in [-0.39, 0.29) is 17.7 Å². The van der Waals surface area contributed by atoms with E-state index in [2.05, 4.69) is 9.72 Å². The molecule has 1 aromatic heterocycles. The summed E-state index contributed by atoms with van der Waals surface area (Å²) in [5, 5.41) is 0. The molecular formula is C18H18F2N2O2. The van der Waals surface area contributed by atoms with Gasteiger partial charge < -0.3 is 9.64 Å². The number of aromatic nitrogens is 1. The van der Waals surface area contributed by atoms with Crippen LogP contribution in [0, 0.1) is 0 Å². The molecule has 0 aliphatic rings. The number of rotatable bonds is 6. The van der Waals surface area contributed by atoms with Crippen LogP contribution in [0.2, 0.25) is 0 Å². The lowest BCUT2D eigenvalue weighted by atomic mass is 10.1. The molecule has 1 aromatic carbocycles. The number of para-hydroxylation sites is 1. The van der Waals surface area contributed by atoms with Crippen LogP contribution in [0.25, 0.3) is 6.08 Å². The summed E-state index contributed by atoms with van der Waals surface area (Å²) in [5.74, 6) is -0.224. The van der Waals surface area contributed by atoms with Gasteiger partial charge in [-0.1, -0.05) is 24.3 Å². The van der Waals surface area contributed by atoms with E-state index in [4.69, 9.17) is 0 Å². The van der Waals surface area contributed by atoms with Gasteiger partial charge in [0.25, 0.3) is 0 Å². The molecule has 0 aliphatic heterocycles. The molecule has 1 heterocycles. The minimum atomic E-state index is -2.91. The van der Waals surface area contributed by atoms with Crippen molar-refractivity contribution in [2.24, 2.45) is 0 Å². The van der Waals surface area contributed by atoms with Crippen LogP contribution in [-0.2, 0) is 4.79 Å². The van der Waals surface area contributed by atoms with Crippen molar-refractivity contribution < 1.29 is 18.3 Å². The second-order valence-electron chi connectivity index (χ2n) is 5.16. The van der Waals surface area contributed by atoms with Gasteiger partial charge in [-0.05, 0) is 30.7 Å².